The zero-order valence-corrected chi connectivity index (χ0v) is 10.7. The Morgan fingerprint density at radius 2 is 2.06 bits per heavy atom. The van der Waals surface area contributed by atoms with Crippen LogP contribution < -0.4 is 10.3 Å². The molecule has 0 aliphatic heterocycles. The second-order valence-corrected chi connectivity index (χ2v) is 4.41. The summed E-state index contributed by atoms with van der Waals surface area (Å²) in [5, 5.41) is 0.878. The Morgan fingerprint density at radius 3 is 2.67 bits per heavy atom. The molecule has 1 N–H and O–H groups in total. The molecule has 0 atom stereocenters. The average Bonchev–Trinajstić information content (AvgIpc) is 2.30. The van der Waals surface area contributed by atoms with E-state index < -0.39 is 0 Å². The van der Waals surface area contributed by atoms with E-state index in [4.69, 9.17) is 4.74 Å². The van der Waals surface area contributed by atoms with Crippen molar-refractivity contribution >= 4 is 16.7 Å². The van der Waals surface area contributed by atoms with Gasteiger partial charge in [-0.1, -0.05) is 0 Å². The maximum Gasteiger partial charge on any atom is 0.252 e. The number of methoxy groups -OCH3 is 1. The molecule has 0 spiro atoms. The average molecular weight is 245 g/mol. The SMILES string of the molecule is COc1cc(C)c2[nH]c(=O)c(CC(C)=O)cc2c1. The van der Waals surface area contributed by atoms with Gasteiger partial charge in [-0.2, -0.15) is 0 Å². The quantitative estimate of drug-likeness (QED) is 0.899. The summed E-state index contributed by atoms with van der Waals surface area (Å²) in [6, 6.07) is 5.47. The standard InChI is InChI=1S/C14H15NO3/c1-8-4-12(18-3)7-10-6-11(5-9(2)16)14(17)15-13(8)10/h4,6-7H,5H2,1-3H3,(H,15,17). The van der Waals surface area contributed by atoms with Gasteiger partial charge in [-0.15, -0.1) is 0 Å². The number of benzene rings is 1. The summed E-state index contributed by atoms with van der Waals surface area (Å²) < 4.78 is 5.20. The number of ketones is 1. The van der Waals surface area contributed by atoms with Gasteiger partial charge >= 0.3 is 0 Å². The van der Waals surface area contributed by atoms with Gasteiger partial charge in [0.15, 0.2) is 0 Å². The van der Waals surface area contributed by atoms with Crippen LogP contribution in [0.15, 0.2) is 23.0 Å². The Kier molecular flexibility index (Phi) is 3.19. The first-order chi connectivity index (χ1) is 8.51. The first kappa shape index (κ1) is 12.4. The van der Waals surface area contributed by atoms with Crippen LogP contribution in [0.25, 0.3) is 10.9 Å². The Morgan fingerprint density at radius 1 is 1.33 bits per heavy atom. The minimum Gasteiger partial charge on any atom is -0.497 e. The van der Waals surface area contributed by atoms with E-state index in [-0.39, 0.29) is 17.8 Å². The molecule has 4 nitrogen and oxygen atoms in total. The van der Waals surface area contributed by atoms with Gasteiger partial charge in [-0.3, -0.25) is 9.59 Å². The minimum absolute atomic E-state index is 0.0283. The molecule has 94 valence electrons. The molecule has 0 fully saturated rings. The molecule has 0 bridgehead atoms. The summed E-state index contributed by atoms with van der Waals surface area (Å²) in [6.07, 6.45) is 0.154. The third-order valence-corrected chi connectivity index (χ3v) is 2.87. The van der Waals surface area contributed by atoms with Crippen molar-refractivity contribution in [1.82, 2.24) is 4.98 Å². The number of fused-ring (bicyclic) bond motifs is 1. The smallest absolute Gasteiger partial charge is 0.252 e. The molecule has 0 saturated heterocycles. The van der Waals surface area contributed by atoms with Gasteiger partial charge in [0, 0.05) is 17.4 Å². The largest absolute Gasteiger partial charge is 0.497 e. The number of ether oxygens (including phenoxy) is 1. The summed E-state index contributed by atoms with van der Waals surface area (Å²) in [6.45, 7) is 3.38. The van der Waals surface area contributed by atoms with Crippen LogP contribution in [0.3, 0.4) is 0 Å². The maximum atomic E-state index is 11.8. The van der Waals surface area contributed by atoms with Crippen LogP contribution in [-0.4, -0.2) is 17.9 Å². The highest BCUT2D eigenvalue weighted by Gasteiger charge is 2.08. The van der Waals surface area contributed by atoms with Crippen molar-refractivity contribution in [2.75, 3.05) is 7.11 Å². The Hall–Kier alpha value is -2.10. The molecule has 0 aliphatic carbocycles. The van der Waals surface area contributed by atoms with Crippen molar-refractivity contribution in [2.24, 2.45) is 0 Å². The number of carbonyl (C=O) groups excluding carboxylic acids is 1. The van der Waals surface area contributed by atoms with E-state index in [1.54, 1.807) is 13.2 Å². The number of Topliss-reactive ketones (excluding diaryl/α,β-unsaturated/α-hetero) is 1. The van der Waals surface area contributed by atoms with Crippen molar-refractivity contribution in [3.63, 3.8) is 0 Å². The van der Waals surface area contributed by atoms with E-state index in [1.807, 2.05) is 19.1 Å². The predicted molar refractivity (Wildman–Crippen MR) is 70.2 cm³/mol. The van der Waals surface area contributed by atoms with E-state index in [9.17, 15) is 9.59 Å². The highest BCUT2D eigenvalue weighted by Crippen LogP contribution is 2.23. The number of pyridine rings is 1. The van der Waals surface area contributed by atoms with Crippen LogP contribution in [0.5, 0.6) is 5.75 Å². The van der Waals surface area contributed by atoms with Gasteiger partial charge < -0.3 is 9.72 Å². The monoisotopic (exact) mass is 245 g/mol. The Balaban J connectivity index is 2.68. The van der Waals surface area contributed by atoms with Crippen molar-refractivity contribution in [2.45, 2.75) is 20.3 Å². The normalized spacial score (nSPS) is 10.6. The van der Waals surface area contributed by atoms with E-state index in [0.717, 1.165) is 22.2 Å². The number of rotatable bonds is 3. The molecular formula is C14H15NO3. The molecule has 4 heteroatoms. The molecule has 0 radical (unpaired) electrons. The summed E-state index contributed by atoms with van der Waals surface area (Å²) in [5.74, 6) is 0.709. The van der Waals surface area contributed by atoms with Crippen LogP contribution in [0, 0.1) is 6.92 Å². The van der Waals surface area contributed by atoms with E-state index >= 15 is 0 Å². The molecule has 1 aromatic heterocycles. The summed E-state index contributed by atoms with van der Waals surface area (Å²) in [5.41, 5.74) is 2.01. The molecule has 0 amide bonds. The predicted octanol–water partition coefficient (Wildman–Crippen LogP) is 1.98. The molecule has 0 unspecified atom stereocenters. The highest BCUT2D eigenvalue weighted by molar-refractivity contribution is 5.85. The molecule has 2 rings (SSSR count). The number of hydrogen-bond acceptors (Lipinski definition) is 3. The van der Waals surface area contributed by atoms with Crippen molar-refractivity contribution < 1.29 is 9.53 Å². The molecule has 0 saturated carbocycles. The minimum atomic E-state index is -0.203. The van der Waals surface area contributed by atoms with Crippen LogP contribution in [0.4, 0.5) is 0 Å². The Bertz CT molecular complexity index is 671. The lowest BCUT2D eigenvalue weighted by atomic mass is 10.1. The van der Waals surface area contributed by atoms with Crippen molar-refractivity contribution in [3.8, 4) is 5.75 Å². The van der Waals surface area contributed by atoms with Crippen LogP contribution in [0.1, 0.15) is 18.1 Å². The fourth-order valence-electron chi connectivity index (χ4n) is 2.03. The van der Waals surface area contributed by atoms with Crippen molar-refractivity contribution in [3.05, 3.63) is 39.7 Å². The summed E-state index contributed by atoms with van der Waals surface area (Å²) in [7, 11) is 1.60. The first-order valence-electron chi connectivity index (χ1n) is 5.71. The summed E-state index contributed by atoms with van der Waals surface area (Å²) >= 11 is 0. The number of aromatic amines is 1. The summed E-state index contributed by atoms with van der Waals surface area (Å²) in [4.78, 5) is 25.8. The number of carbonyl (C=O) groups is 1. The lowest BCUT2D eigenvalue weighted by molar-refractivity contribution is -0.116. The molecule has 18 heavy (non-hydrogen) atoms. The second-order valence-electron chi connectivity index (χ2n) is 4.41. The van der Waals surface area contributed by atoms with Gasteiger partial charge in [-0.25, -0.2) is 0 Å². The van der Waals surface area contributed by atoms with Gasteiger partial charge in [0.05, 0.1) is 12.6 Å². The third-order valence-electron chi connectivity index (χ3n) is 2.87. The van der Waals surface area contributed by atoms with Gasteiger partial charge in [0.1, 0.15) is 11.5 Å². The van der Waals surface area contributed by atoms with E-state index in [2.05, 4.69) is 4.98 Å². The number of aryl methyl sites for hydroxylation is 1. The fourth-order valence-corrected chi connectivity index (χ4v) is 2.03. The number of aromatic nitrogens is 1. The van der Waals surface area contributed by atoms with Crippen LogP contribution in [0.2, 0.25) is 0 Å². The topological polar surface area (TPSA) is 59.2 Å². The number of H-pyrrole nitrogens is 1. The van der Waals surface area contributed by atoms with Gasteiger partial charge in [0.2, 0.25) is 0 Å². The zero-order valence-electron chi connectivity index (χ0n) is 10.7. The molecule has 2 aromatic rings. The van der Waals surface area contributed by atoms with E-state index in [0.29, 0.717) is 5.56 Å². The molecule has 0 aliphatic rings. The fraction of sp³-hybridized carbons (Fsp3) is 0.286. The highest BCUT2D eigenvalue weighted by atomic mass is 16.5. The Labute approximate surface area is 105 Å². The first-order valence-corrected chi connectivity index (χ1v) is 5.71. The van der Waals surface area contributed by atoms with Crippen LogP contribution >= 0.6 is 0 Å². The molecule has 1 aromatic carbocycles. The van der Waals surface area contributed by atoms with Gasteiger partial charge in [-0.05, 0) is 37.6 Å². The lowest BCUT2D eigenvalue weighted by Crippen LogP contribution is -2.15. The van der Waals surface area contributed by atoms with Gasteiger partial charge in [0.25, 0.3) is 5.56 Å². The maximum absolute atomic E-state index is 11.8. The number of nitrogens with one attached hydrogen (secondary N) is 1. The van der Waals surface area contributed by atoms with Crippen molar-refractivity contribution in [1.29, 1.82) is 0 Å². The van der Waals surface area contributed by atoms with E-state index in [1.165, 1.54) is 6.92 Å². The second kappa shape index (κ2) is 4.64. The number of hydrogen-bond donors (Lipinski definition) is 1. The molecule has 1 heterocycles. The lowest BCUT2D eigenvalue weighted by Gasteiger charge is -2.07. The molecular weight excluding hydrogens is 230 g/mol. The van der Waals surface area contributed by atoms with Crippen LogP contribution in [-0.2, 0) is 11.2 Å². The third kappa shape index (κ3) is 2.27. The zero-order chi connectivity index (χ0) is 13.3.